The van der Waals surface area contributed by atoms with Gasteiger partial charge in [-0.2, -0.15) is 0 Å². The number of hydrogen-bond donors (Lipinski definition) is 3. The second-order valence-corrected chi connectivity index (χ2v) is 19.8. The Kier molecular flexibility index (Phi) is 21.0. The van der Waals surface area contributed by atoms with Crippen molar-refractivity contribution in [2.75, 3.05) is 6.61 Å². The molecule has 6 aromatic rings. The summed E-state index contributed by atoms with van der Waals surface area (Å²) in [5.74, 6) is -1.09. The number of aliphatic hydroxyl groups is 2. The summed E-state index contributed by atoms with van der Waals surface area (Å²) in [5, 5.41) is 30.3. The van der Waals surface area contributed by atoms with Gasteiger partial charge in [-0.05, 0) is 140 Å². The fraction of sp³-hybridized carbons (Fsp3) is 0.394. The largest absolute Gasteiger partial charge is 0.481 e. The average Bonchev–Trinajstić information content (AvgIpc) is 3.42. The molecular formula is C66H82N2O6. The standard InChI is InChI=1S/C34H43NO3.C32H39NO3/c1-7-33(37,8-2)21-20-27-13-18-30(22-25(27)6)34(9-3,10-4)29-16-14-28(15-17-29)31-19-12-26(24-35-31)23-32(36)38-11-5;1-6-31(36,7-2)19-18-25-11-16-28(20-23(25)5)32(8-3,9-4)27-14-12-26(13-15-27)29-17-10-24(22-33-29)21-30(34)35/h12-22,24,37H,7-11,23H2,1-6H3;10-20,22,36H,6-9,21H2,1-5H3,(H,34,35)/b21-20+;19-18+. The number of pyridine rings is 2. The molecule has 0 saturated heterocycles. The van der Waals surface area contributed by atoms with Crippen molar-refractivity contribution < 1.29 is 29.6 Å². The Morgan fingerprint density at radius 1 is 0.486 bits per heavy atom. The topological polar surface area (TPSA) is 130 Å². The number of carboxylic acids is 1. The third kappa shape index (κ3) is 14.2. The Morgan fingerprint density at radius 3 is 1.15 bits per heavy atom. The fourth-order valence-corrected chi connectivity index (χ4v) is 10.1. The molecule has 0 radical (unpaired) electrons. The van der Waals surface area contributed by atoms with E-state index in [4.69, 9.17) is 9.84 Å². The second kappa shape index (κ2) is 26.6. The van der Waals surface area contributed by atoms with Gasteiger partial charge in [0.25, 0.3) is 0 Å². The molecule has 0 amide bonds. The molecule has 0 atom stereocenters. The highest BCUT2D eigenvalue weighted by atomic mass is 16.5. The monoisotopic (exact) mass is 999 g/mol. The molecule has 8 nitrogen and oxygen atoms in total. The molecule has 0 saturated carbocycles. The van der Waals surface area contributed by atoms with E-state index in [2.05, 4.69) is 149 Å². The molecule has 0 fully saturated rings. The third-order valence-corrected chi connectivity index (χ3v) is 15.8. The van der Waals surface area contributed by atoms with E-state index in [1.54, 1.807) is 12.4 Å². The number of aryl methyl sites for hydroxylation is 2. The second-order valence-electron chi connectivity index (χ2n) is 19.8. The van der Waals surface area contributed by atoms with Crippen LogP contribution in [0.2, 0.25) is 0 Å². The maximum atomic E-state index is 11.7. The molecule has 8 heteroatoms. The third-order valence-electron chi connectivity index (χ3n) is 15.8. The van der Waals surface area contributed by atoms with Crippen LogP contribution >= 0.6 is 0 Å². The van der Waals surface area contributed by atoms with Crippen LogP contribution in [0.4, 0.5) is 0 Å². The molecule has 0 spiro atoms. The van der Waals surface area contributed by atoms with Crippen molar-refractivity contribution in [1.29, 1.82) is 0 Å². The number of rotatable bonds is 23. The van der Waals surface area contributed by atoms with Gasteiger partial charge in [-0.15, -0.1) is 0 Å². The molecule has 74 heavy (non-hydrogen) atoms. The quantitative estimate of drug-likeness (QED) is 0.0541. The SMILES string of the molecule is CCC(O)(/C=C/c1ccc(C(CC)(CC)c2ccc(-c3ccc(CC(=O)O)cn3)cc2)cc1C)CC.CCOC(=O)Cc1ccc(-c2ccc(C(CC)(CC)c3ccc(/C=C/C(O)(CC)CC)c(C)c3)cc2)nc1. The van der Waals surface area contributed by atoms with E-state index in [1.807, 2.05) is 71.0 Å². The first-order valence-electron chi connectivity index (χ1n) is 27.0. The first-order valence-corrected chi connectivity index (χ1v) is 27.0. The number of esters is 1. The van der Waals surface area contributed by atoms with E-state index < -0.39 is 17.2 Å². The molecule has 0 bridgehead atoms. The van der Waals surface area contributed by atoms with E-state index in [0.717, 1.165) is 64.9 Å². The molecule has 0 aliphatic rings. The van der Waals surface area contributed by atoms with E-state index >= 15 is 0 Å². The molecule has 6 rings (SSSR count). The maximum Gasteiger partial charge on any atom is 0.310 e. The minimum Gasteiger partial charge on any atom is -0.481 e. The lowest BCUT2D eigenvalue weighted by Gasteiger charge is -2.34. The predicted molar refractivity (Wildman–Crippen MR) is 305 cm³/mol. The van der Waals surface area contributed by atoms with Crippen LogP contribution < -0.4 is 0 Å². The van der Waals surface area contributed by atoms with Crippen molar-refractivity contribution >= 4 is 24.1 Å². The maximum absolute atomic E-state index is 11.7. The van der Waals surface area contributed by atoms with Crippen molar-refractivity contribution in [3.63, 3.8) is 0 Å². The van der Waals surface area contributed by atoms with Crippen LogP contribution in [0.3, 0.4) is 0 Å². The Balaban J connectivity index is 0.000000274. The number of benzene rings is 4. The van der Waals surface area contributed by atoms with Gasteiger partial charge in [0.15, 0.2) is 0 Å². The molecule has 2 heterocycles. The van der Waals surface area contributed by atoms with Crippen LogP contribution in [0.25, 0.3) is 34.7 Å². The average molecular weight is 999 g/mol. The van der Waals surface area contributed by atoms with E-state index in [1.165, 1.54) is 33.4 Å². The molecule has 3 N–H and O–H groups in total. The van der Waals surface area contributed by atoms with Gasteiger partial charge < -0.3 is 20.1 Å². The highest BCUT2D eigenvalue weighted by Gasteiger charge is 2.32. The summed E-state index contributed by atoms with van der Waals surface area (Å²) >= 11 is 0. The van der Waals surface area contributed by atoms with Crippen molar-refractivity contribution in [2.24, 2.45) is 0 Å². The Hall–Kier alpha value is -6.48. The van der Waals surface area contributed by atoms with Gasteiger partial charge in [0, 0.05) is 34.4 Å². The number of aromatic nitrogens is 2. The lowest BCUT2D eigenvalue weighted by molar-refractivity contribution is -0.142. The van der Waals surface area contributed by atoms with Crippen LogP contribution in [0.5, 0.6) is 0 Å². The van der Waals surface area contributed by atoms with Gasteiger partial charge in [0.2, 0.25) is 0 Å². The number of carbonyl (C=O) groups excluding carboxylic acids is 1. The van der Waals surface area contributed by atoms with Crippen LogP contribution in [-0.2, 0) is 38.0 Å². The minimum absolute atomic E-state index is 0.0200. The fourth-order valence-electron chi connectivity index (χ4n) is 10.1. The summed E-state index contributed by atoms with van der Waals surface area (Å²) in [6.45, 7) is 23.5. The molecule has 0 unspecified atom stereocenters. The normalized spacial score (nSPS) is 12.2. The first kappa shape index (κ1) is 58.4. The van der Waals surface area contributed by atoms with Gasteiger partial charge in [0.05, 0.1) is 42.0 Å². The zero-order valence-electron chi connectivity index (χ0n) is 46.1. The highest BCUT2D eigenvalue weighted by Crippen LogP contribution is 2.42. The molecule has 2 aromatic heterocycles. The Morgan fingerprint density at radius 2 is 0.851 bits per heavy atom. The molecule has 4 aromatic carbocycles. The minimum atomic E-state index is -0.855. The van der Waals surface area contributed by atoms with Crippen LogP contribution in [0.1, 0.15) is 169 Å². The smallest absolute Gasteiger partial charge is 0.310 e. The zero-order chi connectivity index (χ0) is 54.1. The summed E-state index contributed by atoms with van der Waals surface area (Å²) < 4.78 is 5.03. The number of carbonyl (C=O) groups is 2. The van der Waals surface area contributed by atoms with E-state index in [-0.39, 0.29) is 29.6 Å². The summed E-state index contributed by atoms with van der Waals surface area (Å²) in [6.07, 6.45) is 18.3. The van der Waals surface area contributed by atoms with Gasteiger partial charge >= 0.3 is 11.9 Å². The van der Waals surface area contributed by atoms with Crippen molar-refractivity contribution in [3.05, 3.63) is 189 Å². The summed E-state index contributed by atoms with van der Waals surface area (Å²) in [5.41, 5.74) is 13.5. The summed E-state index contributed by atoms with van der Waals surface area (Å²) in [7, 11) is 0. The Bertz CT molecular complexity index is 2790. The van der Waals surface area contributed by atoms with Crippen LogP contribution in [0, 0.1) is 13.8 Å². The van der Waals surface area contributed by atoms with Gasteiger partial charge in [-0.1, -0.05) is 177 Å². The number of ether oxygens (including phenoxy) is 1. The highest BCUT2D eigenvalue weighted by molar-refractivity contribution is 5.73. The summed E-state index contributed by atoms with van der Waals surface area (Å²) in [4.78, 5) is 31.7. The van der Waals surface area contributed by atoms with Crippen molar-refractivity contribution in [3.8, 4) is 22.5 Å². The van der Waals surface area contributed by atoms with E-state index in [9.17, 15) is 19.8 Å². The molecule has 392 valence electrons. The molecular weight excluding hydrogens is 917 g/mol. The van der Waals surface area contributed by atoms with Gasteiger partial charge in [-0.25, -0.2) is 0 Å². The number of hydrogen-bond acceptors (Lipinski definition) is 7. The van der Waals surface area contributed by atoms with Crippen LogP contribution in [-0.4, -0.2) is 55.0 Å². The molecule has 0 aliphatic carbocycles. The zero-order valence-corrected chi connectivity index (χ0v) is 46.1. The van der Waals surface area contributed by atoms with Gasteiger partial charge in [0.1, 0.15) is 0 Å². The molecule has 0 aliphatic heterocycles. The van der Waals surface area contributed by atoms with Crippen molar-refractivity contribution in [2.45, 2.75) is 162 Å². The predicted octanol–water partition coefficient (Wildman–Crippen LogP) is 15.2. The summed E-state index contributed by atoms with van der Waals surface area (Å²) in [6, 6.07) is 38.4. The van der Waals surface area contributed by atoms with Crippen molar-refractivity contribution in [1.82, 2.24) is 9.97 Å². The van der Waals surface area contributed by atoms with Gasteiger partial charge in [-0.3, -0.25) is 19.6 Å². The lowest BCUT2D eigenvalue weighted by atomic mass is 9.70. The van der Waals surface area contributed by atoms with Crippen LogP contribution in [0.15, 0.2) is 134 Å². The lowest BCUT2D eigenvalue weighted by Crippen LogP contribution is -2.26. The Labute approximate surface area is 442 Å². The first-order chi connectivity index (χ1) is 35.4. The number of carboxylic acid groups (broad SMARTS) is 1. The number of aliphatic carboxylic acids is 1. The number of nitrogens with zero attached hydrogens (tertiary/aromatic N) is 2. The van der Waals surface area contributed by atoms with E-state index in [0.29, 0.717) is 37.9 Å².